The number of benzene rings is 1. The topological polar surface area (TPSA) is 49.9 Å². The SMILES string of the molecule is COc1ccccc1CCC(=O)N1C[C@@H](F)C[C@H]1C(=O)N1CCCCC1. The van der Waals surface area contributed by atoms with Crippen LogP contribution >= 0.6 is 0 Å². The van der Waals surface area contributed by atoms with Crippen LogP contribution in [0.3, 0.4) is 0 Å². The Morgan fingerprint density at radius 1 is 1.19 bits per heavy atom. The van der Waals surface area contributed by atoms with E-state index in [2.05, 4.69) is 0 Å². The first kappa shape index (κ1) is 18.7. The van der Waals surface area contributed by atoms with Crippen LogP contribution in [0.15, 0.2) is 24.3 Å². The highest BCUT2D eigenvalue weighted by Gasteiger charge is 2.41. The van der Waals surface area contributed by atoms with Gasteiger partial charge >= 0.3 is 0 Å². The van der Waals surface area contributed by atoms with Gasteiger partial charge in [0.1, 0.15) is 18.0 Å². The Kier molecular flexibility index (Phi) is 6.12. The lowest BCUT2D eigenvalue weighted by molar-refractivity contribution is -0.144. The molecule has 0 saturated carbocycles. The van der Waals surface area contributed by atoms with Crippen molar-refractivity contribution >= 4 is 11.8 Å². The standard InChI is InChI=1S/C20H27FN2O3/c1-26-18-8-4-3-7-15(18)9-10-19(24)23-14-16(21)13-17(23)20(25)22-11-5-2-6-12-22/h3-4,7-8,16-17H,2,5-6,9-14H2,1H3/t16-,17-/m0/s1. The average Bonchev–Trinajstić information content (AvgIpc) is 3.08. The Bertz CT molecular complexity index is 646. The van der Waals surface area contributed by atoms with E-state index in [0.717, 1.165) is 43.7 Å². The number of aryl methyl sites for hydroxylation is 1. The van der Waals surface area contributed by atoms with Crippen molar-refractivity contribution in [3.63, 3.8) is 0 Å². The fourth-order valence-electron chi connectivity index (χ4n) is 3.91. The molecule has 0 N–H and O–H groups in total. The number of methoxy groups -OCH3 is 1. The monoisotopic (exact) mass is 362 g/mol. The Morgan fingerprint density at radius 3 is 2.65 bits per heavy atom. The van der Waals surface area contributed by atoms with E-state index in [4.69, 9.17) is 4.74 Å². The van der Waals surface area contributed by atoms with Crippen LogP contribution in [-0.2, 0) is 16.0 Å². The van der Waals surface area contributed by atoms with Gasteiger partial charge in [-0.15, -0.1) is 0 Å². The van der Waals surface area contributed by atoms with Crippen LogP contribution in [0, 0.1) is 0 Å². The Morgan fingerprint density at radius 2 is 1.92 bits per heavy atom. The van der Waals surface area contributed by atoms with E-state index in [9.17, 15) is 14.0 Å². The lowest BCUT2D eigenvalue weighted by Gasteiger charge is -2.32. The minimum Gasteiger partial charge on any atom is -0.496 e. The van der Waals surface area contributed by atoms with Crippen LogP contribution in [0.4, 0.5) is 4.39 Å². The van der Waals surface area contributed by atoms with Crippen LogP contribution in [0.1, 0.15) is 37.7 Å². The first-order valence-corrected chi connectivity index (χ1v) is 9.44. The Hall–Kier alpha value is -2.11. The van der Waals surface area contributed by atoms with Crippen LogP contribution in [0.25, 0.3) is 0 Å². The van der Waals surface area contributed by atoms with E-state index in [1.54, 1.807) is 12.0 Å². The van der Waals surface area contributed by atoms with E-state index in [1.807, 2.05) is 24.3 Å². The van der Waals surface area contributed by atoms with Crippen LogP contribution < -0.4 is 4.74 Å². The number of alkyl halides is 1. The molecule has 5 nitrogen and oxygen atoms in total. The summed E-state index contributed by atoms with van der Waals surface area (Å²) < 4.78 is 19.3. The molecule has 26 heavy (non-hydrogen) atoms. The van der Waals surface area contributed by atoms with Crippen molar-refractivity contribution in [1.82, 2.24) is 9.80 Å². The lowest BCUT2D eigenvalue weighted by Crippen LogP contribution is -2.49. The zero-order chi connectivity index (χ0) is 18.5. The number of para-hydroxylation sites is 1. The second-order valence-corrected chi connectivity index (χ2v) is 7.09. The number of hydrogen-bond acceptors (Lipinski definition) is 3. The molecule has 2 fully saturated rings. The van der Waals surface area contributed by atoms with E-state index >= 15 is 0 Å². The number of carbonyl (C=O) groups is 2. The minimum atomic E-state index is -1.12. The summed E-state index contributed by atoms with van der Waals surface area (Å²) >= 11 is 0. The molecule has 2 heterocycles. The molecule has 6 heteroatoms. The predicted octanol–water partition coefficient (Wildman–Crippen LogP) is 2.58. The molecular formula is C20H27FN2O3. The summed E-state index contributed by atoms with van der Waals surface area (Å²) in [6.45, 7) is 1.46. The second-order valence-electron chi connectivity index (χ2n) is 7.09. The maximum Gasteiger partial charge on any atom is 0.245 e. The van der Waals surface area contributed by atoms with Crippen molar-refractivity contribution in [2.24, 2.45) is 0 Å². The van der Waals surface area contributed by atoms with Gasteiger partial charge < -0.3 is 14.5 Å². The number of piperidine rings is 1. The lowest BCUT2D eigenvalue weighted by atomic mass is 10.1. The molecular weight excluding hydrogens is 335 g/mol. The molecule has 0 spiro atoms. The highest BCUT2D eigenvalue weighted by Crippen LogP contribution is 2.26. The maximum absolute atomic E-state index is 14.0. The van der Waals surface area contributed by atoms with Gasteiger partial charge in [0.2, 0.25) is 11.8 Å². The van der Waals surface area contributed by atoms with Crippen LogP contribution in [0.5, 0.6) is 5.75 Å². The van der Waals surface area contributed by atoms with Gasteiger partial charge in [-0.3, -0.25) is 9.59 Å². The molecule has 2 aliphatic rings. The van der Waals surface area contributed by atoms with Crippen LogP contribution in [0.2, 0.25) is 0 Å². The van der Waals surface area contributed by atoms with Crippen LogP contribution in [-0.4, -0.2) is 60.6 Å². The summed E-state index contributed by atoms with van der Waals surface area (Å²) in [6, 6.07) is 6.91. The number of amides is 2. The molecule has 2 saturated heterocycles. The predicted molar refractivity (Wildman–Crippen MR) is 96.8 cm³/mol. The van der Waals surface area contributed by atoms with Gasteiger partial charge in [-0.1, -0.05) is 18.2 Å². The summed E-state index contributed by atoms with van der Waals surface area (Å²) in [7, 11) is 1.60. The first-order chi connectivity index (χ1) is 12.6. The third-order valence-corrected chi connectivity index (χ3v) is 5.32. The number of ether oxygens (including phenoxy) is 1. The van der Waals surface area contributed by atoms with Crippen molar-refractivity contribution < 1.29 is 18.7 Å². The highest BCUT2D eigenvalue weighted by molar-refractivity contribution is 5.88. The van der Waals surface area contributed by atoms with Gasteiger partial charge in [0.25, 0.3) is 0 Å². The highest BCUT2D eigenvalue weighted by atomic mass is 19.1. The van der Waals surface area contributed by atoms with E-state index in [-0.39, 0.29) is 31.2 Å². The van der Waals surface area contributed by atoms with Crippen molar-refractivity contribution in [3.8, 4) is 5.75 Å². The summed E-state index contributed by atoms with van der Waals surface area (Å²) in [6.07, 6.45) is 2.86. The fraction of sp³-hybridized carbons (Fsp3) is 0.600. The molecule has 1 aromatic rings. The quantitative estimate of drug-likeness (QED) is 0.809. The molecule has 1 aromatic carbocycles. The Labute approximate surface area is 154 Å². The fourth-order valence-corrected chi connectivity index (χ4v) is 3.91. The van der Waals surface area contributed by atoms with Crippen molar-refractivity contribution in [1.29, 1.82) is 0 Å². The number of carbonyl (C=O) groups excluding carboxylic acids is 2. The van der Waals surface area contributed by atoms with Gasteiger partial charge in [0, 0.05) is 25.9 Å². The zero-order valence-corrected chi connectivity index (χ0v) is 15.3. The molecule has 0 bridgehead atoms. The number of likely N-dealkylation sites (tertiary alicyclic amines) is 2. The average molecular weight is 362 g/mol. The number of halogens is 1. The summed E-state index contributed by atoms with van der Waals surface area (Å²) in [5.74, 6) is 0.493. The van der Waals surface area contributed by atoms with E-state index in [0.29, 0.717) is 6.42 Å². The Balaban J connectivity index is 1.63. The van der Waals surface area contributed by atoms with E-state index < -0.39 is 12.2 Å². The van der Waals surface area contributed by atoms with Crippen molar-refractivity contribution in [3.05, 3.63) is 29.8 Å². The largest absolute Gasteiger partial charge is 0.496 e. The normalized spacial score (nSPS) is 23.2. The maximum atomic E-state index is 14.0. The molecule has 0 aliphatic carbocycles. The zero-order valence-electron chi connectivity index (χ0n) is 15.3. The molecule has 0 unspecified atom stereocenters. The molecule has 0 aromatic heterocycles. The molecule has 2 aliphatic heterocycles. The molecule has 2 atom stereocenters. The minimum absolute atomic E-state index is 0.0228. The third-order valence-electron chi connectivity index (χ3n) is 5.32. The second kappa shape index (κ2) is 8.52. The summed E-state index contributed by atoms with van der Waals surface area (Å²) in [5, 5.41) is 0. The molecule has 142 valence electrons. The van der Waals surface area contributed by atoms with Gasteiger partial charge in [0.05, 0.1) is 13.7 Å². The molecule has 0 radical (unpaired) electrons. The first-order valence-electron chi connectivity index (χ1n) is 9.44. The molecule has 2 amide bonds. The number of rotatable bonds is 5. The third kappa shape index (κ3) is 4.17. The van der Waals surface area contributed by atoms with Gasteiger partial charge in [-0.25, -0.2) is 4.39 Å². The number of nitrogens with zero attached hydrogens (tertiary/aromatic N) is 2. The summed E-state index contributed by atoms with van der Waals surface area (Å²) in [5.41, 5.74) is 0.943. The van der Waals surface area contributed by atoms with Gasteiger partial charge in [-0.05, 0) is 37.3 Å². The van der Waals surface area contributed by atoms with E-state index in [1.165, 1.54) is 4.90 Å². The van der Waals surface area contributed by atoms with Gasteiger partial charge in [-0.2, -0.15) is 0 Å². The van der Waals surface area contributed by atoms with Gasteiger partial charge in [0.15, 0.2) is 0 Å². The smallest absolute Gasteiger partial charge is 0.245 e. The number of hydrogen-bond donors (Lipinski definition) is 0. The van der Waals surface area contributed by atoms with Crippen molar-refractivity contribution in [2.45, 2.75) is 50.7 Å². The molecule has 3 rings (SSSR count). The summed E-state index contributed by atoms with van der Waals surface area (Å²) in [4.78, 5) is 28.7. The van der Waals surface area contributed by atoms with Crippen molar-refractivity contribution in [2.75, 3.05) is 26.7 Å².